The number of aliphatic hydroxyl groups is 2. The highest BCUT2D eigenvalue weighted by Gasteiger charge is 2.20. The molecule has 0 aliphatic carbocycles. The molecule has 382 valence electrons. The molecule has 1 amide bonds. The number of hydrogen-bond donors (Lipinski definition) is 3. The second-order valence-electron chi connectivity index (χ2n) is 20.3. The lowest BCUT2D eigenvalue weighted by atomic mass is 10.0. The Kier molecular flexibility index (Phi) is 53.5. The van der Waals surface area contributed by atoms with Gasteiger partial charge in [-0.2, -0.15) is 0 Å². The number of ether oxygens (including phenoxy) is 1. The van der Waals surface area contributed by atoms with Crippen LogP contribution in [0.1, 0.15) is 335 Å². The van der Waals surface area contributed by atoms with Crippen LogP contribution in [0.2, 0.25) is 0 Å². The molecule has 0 aromatic rings. The molecule has 0 saturated carbocycles. The quantitative estimate of drug-likeness (QED) is 0.0417. The second kappa shape index (κ2) is 54.5. The van der Waals surface area contributed by atoms with E-state index in [0.717, 1.165) is 38.5 Å². The van der Waals surface area contributed by atoms with Crippen LogP contribution in [0.3, 0.4) is 0 Å². The molecule has 0 radical (unpaired) electrons. The molecule has 0 aromatic carbocycles. The van der Waals surface area contributed by atoms with E-state index in [-0.39, 0.29) is 18.5 Å². The number of aliphatic hydroxyl groups excluding tert-OH is 2. The zero-order valence-corrected chi connectivity index (χ0v) is 43.5. The van der Waals surface area contributed by atoms with Gasteiger partial charge in [0.15, 0.2) is 0 Å². The predicted octanol–water partition coefficient (Wildman–Crippen LogP) is 17.9. The van der Waals surface area contributed by atoms with Gasteiger partial charge in [0.25, 0.3) is 0 Å². The first kappa shape index (κ1) is 62.9. The van der Waals surface area contributed by atoms with Gasteiger partial charge in [-0.15, -0.1) is 0 Å². The van der Waals surface area contributed by atoms with Crippen molar-refractivity contribution in [2.24, 2.45) is 0 Å². The Bertz CT molecular complexity index is 913. The van der Waals surface area contributed by atoms with Crippen LogP contribution in [0.25, 0.3) is 0 Å². The lowest BCUT2D eigenvalue weighted by Gasteiger charge is -2.22. The van der Waals surface area contributed by atoms with Crippen molar-refractivity contribution in [2.75, 3.05) is 13.2 Å². The second-order valence-corrected chi connectivity index (χ2v) is 20.3. The maximum absolute atomic E-state index is 12.5. The third kappa shape index (κ3) is 50.3. The fraction of sp³-hybridized carbons (Fsp3) is 0.966. The number of unbranched alkanes of at least 4 members (excludes halogenated alkanes) is 44. The molecule has 0 rings (SSSR count). The normalized spacial score (nSPS) is 12.5. The van der Waals surface area contributed by atoms with E-state index in [0.29, 0.717) is 25.9 Å². The SMILES string of the molecule is CCCCCCCCCCCCCCCCCCC(O)C(CO)NC(=O)CCCCCCCCCCCCCCCCCCCCOC(=O)CCCCCCCCCCCCCCC. The molecule has 64 heavy (non-hydrogen) atoms. The van der Waals surface area contributed by atoms with E-state index in [1.54, 1.807) is 0 Å². The maximum Gasteiger partial charge on any atom is 0.305 e. The molecule has 6 heteroatoms. The van der Waals surface area contributed by atoms with E-state index in [2.05, 4.69) is 19.2 Å². The van der Waals surface area contributed by atoms with Crippen molar-refractivity contribution in [1.82, 2.24) is 5.32 Å². The summed E-state index contributed by atoms with van der Waals surface area (Å²) in [6.07, 6.45) is 62.3. The van der Waals surface area contributed by atoms with Crippen LogP contribution in [0.15, 0.2) is 0 Å². The minimum atomic E-state index is -0.665. The number of amides is 1. The average molecular weight is 907 g/mol. The molecule has 2 unspecified atom stereocenters. The number of hydrogen-bond acceptors (Lipinski definition) is 5. The molecule has 2 atom stereocenters. The topological polar surface area (TPSA) is 95.9 Å². The van der Waals surface area contributed by atoms with Crippen molar-refractivity contribution in [1.29, 1.82) is 0 Å². The minimum Gasteiger partial charge on any atom is -0.466 e. The molecule has 0 heterocycles. The third-order valence-corrected chi connectivity index (χ3v) is 13.9. The van der Waals surface area contributed by atoms with Gasteiger partial charge < -0.3 is 20.3 Å². The molecule has 0 aliphatic heterocycles. The summed E-state index contributed by atoms with van der Waals surface area (Å²) in [6, 6.07) is -0.543. The van der Waals surface area contributed by atoms with Crippen molar-refractivity contribution in [3.63, 3.8) is 0 Å². The van der Waals surface area contributed by atoms with Crippen LogP contribution in [0.4, 0.5) is 0 Å². The fourth-order valence-electron chi connectivity index (χ4n) is 9.41. The van der Waals surface area contributed by atoms with E-state index in [1.165, 1.54) is 263 Å². The molecule has 0 spiro atoms. The summed E-state index contributed by atoms with van der Waals surface area (Å²) in [6.45, 7) is 4.97. The van der Waals surface area contributed by atoms with Crippen molar-refractivity contribution in [2.45, 2.75) is 347 Å². The van der Waals surface area contributed by atoms with E-state index in [9.17, 15) is 19.8 Å². The Balaban J connectivity index is 3.39. The van der Waals surface area contributed by atoms with Gasteiger partial charge >= 0.3 is 5.97 Å². The van der Waals surface area contributed by atoms with Gasteiger partial charge in [-0.05, 0) is 25.7 Å². The zero-order valence-electron chi connectivity index (χ0n) is 43.5. The molecule has 0 saturated heterocycles. The van der Waals surface area contributed by atoms with Crippen molar-refractivity contribution in [3.8, 4) is 0 Å². The molecular weight excluding hydrogens is 791 g/mol. The van der Waals surface area contributed by atoms with Gasteiger partial charge in [0.1, 0.15) is 0 Å². The van der Waals surface area contributed by atoms with E-state index >= 15 is 0 Å². The zero-order chi connectivity index (χ0) is 46.5. The Morgan fingerprint density at radius 1 is 0.375 bits per heavy atom. The number of esters is 1. The van der Waals surface area contributed by atoms with Gasteiger partial charge in [-0.1, -0.05) is 296 Å². The van der Waals surface area contributed by atoms with Gasteiger partial charge in [0.2, 0.25) is 5.91 Å². The van der Waals surface area contributed by atoms with E-state index < -0.39 is 12.1 Å². The van der Waals surface area contributed by atoms with Gasteiger partial charge in [-0.3, -0.25) is 9.59 Å². The molecule has 6 nitrogen and oxygen atoms in total. The summed E-state index contributed by atoms with van der Waals surface area (Å²) in [5, 5.41) is 23.3. The number of nitrogens with one attached hydrogen (secondary N) is 1. The highest BCUT2D eigenvalue weighted by Crippen LogP contribution is 2.18. The third-order valence-electron chi connectivity index (χ3n) is 13.9. The van der Waals surface area contributed by atoms with Crippen LogP contribution < -0.4 is 5.32 Å². The Morgan fingerprint density at radius 2 is 0.641 bits per heavy atom. The summed E-state index contributed by atoms with van der Waals surface area (Å²) >= 11 is 0. The Morgan fingerprint density at radius 3 is 0.953 bits per heavy atom. The molecule has 0 bridgehead atoms. The average Bonchev–Trinajstić information content (AvgIpc) is 3.29. The highest BCUT2D eigenvalue weighted by molar-refractivity contribution is 5.76. The maximum atomic E-state index is 12.5. The number of carbonyl (C=O) groups is 2. The van der Waals surface area contributed by atoms with Crippen LogP contribution in [-0.4, -0.2) is 47.4 Å². The first-order valence-electron chi connectivity index (χ1n) is 29.3. The summed E-state index contributed by atoms with van der Waals surface area (Å²) in [5.74, 6) is -0.0260. The largest absolute Gasteiger partial charge is 0.466 e. The fourth-order valence-corrected chi connectivity index (χ4v) is 9.41. The van der Waals surface area contributed by atoms with E-state index in [1.807, 2.05) is 0 Å². The summed E-state index contributed by atoms with van der Waals surface area (Å²) in [7, 11) is 0. The minimum absolute atomic E-state index is 0.00982. The van der Waals surface area contributed by atoms with Gasteiger partial charge in [0.05, 0.1) is 25.4 Å². The Hall–Kier alpha value is -1.14. The lowest BCUT2D eigenvalue weighted by Crippen LogP contribution is -2.45. The standard InChI is InChI=1S/C58H115NO5/c1-3-5-7-9-11-13-15-17-18-23-27-30-34-38-42-46-50-56(61)55(54-60)59-57(62)51-47-43-39-35-31-28-24-21-19-20-22-25-29-33-37-41-45-49-53-64-58(63)52-48-44-40-36-32-26-16-14-12-10-8-6-4-2/h55-56,60-61H,3-54H2,1-2H3,(H,59,62). The van der Waals surface area contributed by atoms with Crippen molar-refractivity contribution < 1.29 is 24.5 Å². The summed E-state index contributed by atoms with van der Waals surface area (Å²) < 4.78 is 5.47. The van der Waals surface area contributed by atoms with Crippen LogP contribution >= 0.6 is 0 Å². The van der Waals surface area contributed by atoms with Gasteiger partial charge in [0, 0.05) is 12.8 Å². The van der Waals surface area contributed by atoms with Crippen molar-refractivity contribution >= 4 is 11.9 Å². The summed E-state index contributed by atoms with van der Waals surface area (Å²) in [5.41, 5.74) is 0. The smallest absolute Gasteiger partial charge is 0.305 e. The van der Waals surface area contributed by atoms with Crippen LogP contribution in [-0.2, 0) is 14.3 Å². The lowest BCUT2D eigenvalue weighted by molar-refractivity contribution is -0.143. The molecule has 0 fully saturated rings. The van der Waals surface area contributed by atoms with Crippen LogP contribution in [0.5, 0.6) is 0 Å². The van der Waals surface area contributed by atoms with Gasteiger partial charge in [-0.25, -0.2) is 0 Å². The van der Waals surface area contributed by atoms with Crippen molar-refractivity contribution in [3.05, 3.63) is 0 Å². The van der Waals surface area contributed by atoms with E-state index in [4.69, 9.17) is 4.74 Å². The summed E-state index contributed by atoms with van der Waals surface area (Å²) in [4.78, 5) is 24.5. The first-order valence-corrected chi connectivity index (χ1v) is 29.3. The Labute approximate surface area is 400 Å². The molecular formula is C58H115NO5. The molecule has 0 aromatic heterocycles. The number of carbonyl (C=O) groups excluding carboxylic acids is 2. The predicted molar refractivity (Wildman–Crippen MR) is 278 cm³/mol. The first-order chi connectivity index (χ1) is 31.5. The number of rotatable bonds is 55. The van der Waals surface area contributed by atoms with Crippen LogP contribution in [0, 0.1) is 0 Å². The highest BCUT2D eigenvalue weighted by atomic mass is 16.5. The monoisotopic (exact) mass is 906 g/mol. The molecule has 3 N–H and O–H groups in total. The molecule has 0 aliphatic rings.